The van der Waals surface area contributed by atoms with E-state index >= 15 is 0 Å². The summed E-state index contributed by atoms with van der Waals surface area (Å²) in [6.45, 7) is 6.36. The van der Waals surface area contributed by atoms with Crippen molar-refractivity contribution in [2.45, 2.75) is 39.2 Å². The molecule has 2 unspecified atom stereocenters. The largest absolute Gasteiger partial charge is 0.370 e. The number of hydrogen-bond acceptors (Lipinski definition) is 2. The number of carbonyl (C=O) groups excluding carboxylic acids is 1. The molecule has 0 saturated carbocycles. The number of carbonyl (C=O) groups is 1. The molecule has 2 rings (SSSR count). The molecule has 3 N–H and O–H groups in total. The molecule has 0 aromatic heterocycles. The van der Waals surface area contributed by atoms with E-state index in [0.29, 0.717) is 25.0 Å². The number of halogens is 1. The molecule has 6 heteroatoms. The Bertz CT molecular complexity index is 535. The number of nitrogens with one attached hydrogen (secondary N) is 1. The van der Waals surface area contributed by atoms with E-state index in [1.165, 1.54) is 5.56 Å². The van der Waals surface area contributed by atoms with Crippen LogP contribution in [0.3, 0.4) is 0 Å². The number of guanidine groups is 1. The fourth-order valence-corrected chi connectivity index (χ4v) is 2.73. The normalized spacial score (nSPS) is 19.1. The lowest BCUT2D eigenvalue weighted by Crippen LogP contribution is -2.38. The van der Waals surface area contributed by atoms with Crippen LogP contribution in [0.25, 0.3) is 0 Å². The van der Waals surface area contributed by atoms with Crippen molar-refractivity contribution in [1.82, 2.24) is 10.2 Å². The smallest absolute Gasteiger partial charge is 0.223 e. The molecule has 2 atom stereocenters. The monoisotopic (exact) mass is 444 g/mol. The van der Waals surface area contributed by atoms with Crippen LogP contribution in [0.1, 0.15) is 32.3 Å². The standard InChI is InChI=1S/C18H28N4O.HI/c1-3-14(2)21-18(19)20-12-16-11-17(23)22(13-16)10-9-15-7-5-4-6-8-15;/h4-8,14,16H,3,9-13H2,1-2H3,(H3,19,20,21);1H. The fraction of sp³-hybridized carbons (Fsp3) is 0.556. The van der Waals surface area contributed by atoms with E-state index in [1.54, 1.807) is 0 Å². The van der Waals surface area contributed by atoms with Gasteiger partial charge >= 0.3 is 0 Å². The van der Waals surface area contributed by atoms with Crippen LogP contribution in [0.15, 0.2) is 35.3 Å². The Morgan fingerprint density at radius 1 is 1.42 bits per heavy atom. The Labute approximate surface area is 162 Å². The summed E-state index contributed by atoms with van der Waals surface area (Å²) in [4.78, 5) is 18.4. The zero-order chi connectivity index (χ0) is 16.7. The average Bonchev–Trinajstić information content (AvgIpc) is 2.92. The van der Waals surface area contributed by atoms with Crippen LogP contribution in [-0.2, 0) is 11.2 Å². The van der Waals surface area contributed by atoms with Crippen molar-refractivity contribution in [1.29, 1.82) is 0 Å². The Morgan fingerprint density at radius 2 is 2.12 bits per heavy atom. The molecule has 5 nitrogen and oxygen atoms in total. The second kappa shape index (κ2) is 10.5. The average molecular weight is 444 g/mol. The predicted octanol–water partition coefficient (Wildman–Crippen LogP) is 2.40. The van der Waals surface area contributed by atoms with Gasteiger partial charge in [0, 0.05) is 38.0 Å². The van der Waals surface area contributed by atoms with Gasteiger partial charge in [0.2, 0.25) is 5.91 Å². The van der Waals surface area contributed by atoms with Gasteiger partial charge in [0.05, 0.1) is 0 Å². The summed E-state index contributed by atoms with van der Waals surface area (Å²) in [5, 5.41) is 3.15. The van der Waals surface area contributed by atoms with E-state index in [9.17, 15) is 4.79 Å². The molecular weight excluding hydrogens is 415 g/mol. The predicted molar refractivity (Wildman–Crippen MR) is 110 cm³/mol. The van der Waals surface area contributed by atoms with Crippen molar-refractivity contribution in [3.05, 3.63) is 35.9 Å². The number of aliphatic imine (C=N–C) groups is 1. The van der Waals surface area contributed by atoms with Crippen molar-refractivity contribution >= 4 is 35.8 Å². The third-order valence-electron chi connectivity index (χ3n) is 4.33. The first kappa shape index (κ1) is 20.7. The Morgan fingerprint density at radius 3 is 2.79 bits per heavy atom. The maximum Gasteiger partial charge on any atom is 0.223 e. The molecule has 1 aliphatic heterocycles. The quantitative estimate of drug-likeness (QED) is 0.386. The van der Waals surface area contributed by atoms with Gasteiger partial charge in [0.25, 0.3) is 0 Å². The van der Waals surface area contributed by atoms with Crippen LogP contribution in [0.4, 0.5) is 0 Å². The molecule has 1 saturated heterocycles. The zero-order valence-corrected chi connectivity index (χ0v) is 16.9. The van der Waals surface area contributed by atoms with Gasteiger partial charge in [-0.2, -0.15) is 0 Å². The van der Waals surface area contributed by atoms with Gasteiger partial charge in [0.15, 0.2) is 5.96 Å². The molecule has 24 heavy (non-hydrogen) atoms. The topological polar surface area (TPSA) is 70.7 Å². The fourth-order valence-electron chi connectivity index (χ4n) is 2.73. The van der Waals surface area contributed by atoms with E-state index < -0.39 is 0 Å². The van der Waals surface area contributed by atoms with Gasteiger partial charge in [0.1, 0.15) is 0 Å². The highest BCUT2D eigenvalue weighted by atomic mass is 127. The lowest BCUT2D eigenvalue weighted by Gasteiger charge is -2.16. The van der Waals surface area contributed by atoms with Gasteiger partial charge in [-0.3, -0.25) is 9.79 Å². The van der Waals surface area contributed by atoms with Crippen molar-refractivity contribution < 1.29 is 4.79 Å². The number of rotatable bonds is 7. The Hall–Kier alpha value is -1.31. The van der Waals surface area contributed by atoms with E-state index in [1.807, 2.05) is 23.1 Å². The molecular formula is C18H29IN4O. The molecule has 0 bridgehead atoms. The Kier molecular flexibility index (Phi) is 9.10. The minimum absolute atomic E-state index is 0. The third kappa shape index (κ3) is 6.67. The summed E-state index contributed by atoms with van der Waals surface area (Å²) in [7, 11) is 0. The van der Waals surface area contributed by atoms with E-state index in [2.05, 4.69) is 36.3 Å². The minimum atomic E-state index is 0. The van der Waals surface area contributed by atoms with E-state index in [4.69, 9.17) is 5.73 Å². The first-order chi connectivity index (χ1) is 11.1. The number of benzene rings is 1. The highest BCUT2D eigenvalue weighted by Gasteiger charge is 2.28. The SMILES string of the molecule is CCC(C)NC(N)=NCC1CC(=O)N(CCc2ccccc2)C1.I. The number of likely N-dealkylation sites (tertiary alicyclic amines) is 1. The summed E-state index contributed by atoms with van der Waals surface area (Å²) in [6.07, 6.45) is 2.49. The van der Waals surface area contributed by atoms with Crippen LogP contribution < -0.4 is 11.1 Å². The maximum absolute atomic E-state index is 12.1. The molecule has 0 spiro atoms. The van der Waals surface area contributed by atoms with Gasteiger partial charge < -0.3 is 16.0 Å². The Balaban J connectivity index is 0.00000288. The molecule has 1 aliphatic rings. The molecule has 1 aromatic carbocycles. The zero-order valence-electron chi connectivity index (χ0n) is 14.6. The van der Waals surface area contributed by atoms with Crippen molar-refractivity contribution in [2.75, 3.05) is 19.6 Å². The van der Waals surface area contributed by atoms with Crippen LogP contribution in [0.2, 0.25) is 0 Å². The van der Waals surface area contributed by atoms with Crippen LogP contribution in [0, 0.1) is 5.92 Å². The second-order valence-corrected chi connectivity index (χ2v) is 6.33. The second-order valence-electron chi connectivity index (χ2n) is 6.33. The van der Waals surface area contributed by atoms with Crippen LogP contribution in [-0.4, -0.2) is 42.4 Å². The van der Waals surface area contributed by atoms with Gasteiger partial charge in [-0.05, 0) is 25.3 Å². The summed E-state index contributed by atoms with van der Waals surface area (Å²) in [5.74, 6) is 0.986. The molecule has 1 heterocycles. The molecule has 0 radical (unpaired) electrons. The molecule has 1 fully saturated rings. The van der Waals surface area contributed by atoms with Crippen molar-refractivity contribution in [3.63, 3.8) is 0 Å². The number of nitrogens with two attached hydrogens (primary N) is 1. The maximum atomic E-state index is 12.1. The van der Waals surface area contributed by atoms with Crippen LogP contribution in [0.5, 0.6) is 0 Å². The van der Waals surface area contributed by atoms with Crippen molar-refractivity contribution in [2.24, 2.45) is 16.6 Å². The van der Waals surface area contributed by atoms with E-state index in [0.717, 1.165) is 25.9 Å². The summed E-state index contributed by atoms with van der Waals surface area (Å²) < 4.78 is 0. The minimum Gasteiger partial charge on any atom is -0.370 e. The number of nitrogens with zero attached hydrogens (tertiary/aromatic N) is 2. The molecule has 1 aromatic rings. The lowest BCUT2D eigenvalue weighted by atomic mass is 10.1. The lowest BCUT2D eigenvalue weighted by molar-refractivity contribution is -0.127. The summed E-state index contributed by atoms with van der Waals surface area (Å²) in [6, 6.07) is 10.6. The highest BCUT2D eigenvalue weighted by Crippen LogP contribution is 2.18. The number of hydrogen-bond donors (Lipinski definition) is 2. The summed E-state index contributed by atoms with van der Waals surface area (Å²) in [5.41, 5.74) is 7.14. The summed E-state index contributed by atoms with van der Waals surface area (Å²) >= 11 is 0. The first-order valence-corrected chi connectivity index (χ1v) is 8.46. The number of amides is 1. The van der Waals surface area contributed by atoms with Gasteiger partial charge in [-0.15, -0.1) is 24.0 Å². The molecule has 0 aliphatic carbocycles. The first-order valence-electron chi connectivity index (χ1n) is 8.46. The highest BCUT2D eigenvalue weighted by molar-refractivity contribution is 14.0. The van der Waals surface area contributed by atoms with Gasteiger partial charge in [-0.25, -0.2) is 0 Å². The third-order valence-corrected chi connectivity index (χ3v) is 4.33. The van der Waals surface area contributed by atoms with Crippen molar-refractivity contribution in [3.8, 4) is 0 Å². The van der Waals surface area contributed by atoms with Crippen LogP contribution >= 0.6 is 24.0 Å². The molecule has 1 amide bonds. The van der Waals surface area contributed by atoms with Gasteiger partial charge in [-0.1, -0.05) is 37.3 Å². The molecule has 134 valence electrons. The van der Waals surface area contributed by atoms with E-state index in [-0.39, 0.29) is 35.8 Å².